The molecule has 0 aliphatic heterocycles. The smallest absolute Gasteiger partial charge is 0.323 e. The van der Waals surface area contributed by atoms with Gasteiger partial charge in [-0.2, -0.15) is 0 Å². The minimum Gasteiger partial charge on any atom is -0.495 e. The van der Waals surface area contributed by atoms with E-state index in [9.17, 15) is 4.79 Å². The summed E-state index contributed by atoms with van der Waals surface area (Å²) in [5.41, 5.74) is 1.78. The van der Waals surface area contributed by atoms with E-state index in [-0.39, 0.29) is 11.4 Å². The highest BCUT2D eigenvalue weighted by atomic mass is 16.5. The fourth-order valence-electron chi connectivity index (χ4n) is 1.30. The summed E-state index contributed by atoms with van der Waals surface area (Å²) >= 11 is 0. The molecule has 0 heterocycles. The van der Waals surface area contributed by atoms with Crippen LogP contribution in [-0.4, -0.2) is 13.1 Å². The number of rotatable bonds is 3. The summed E-state index contributed by atoms with van der Waals surface area (Å²) in [4.78, 5) is 11.8. The predicted molar refractivity (Wildman–Crippen MR) is 78.4 cm³/mol. The molecule has 104 valence electrons. The van der Waals surface area contributed by atoms with Gasteiger partial charge in [-0.15, -0.1) is 0 Å². The van der Waals surface area contributed by atoms with Crippen molar-refractivity contribution in [1.29, 1.82) is 0 Å². The molecule has 4 heteroatoms. The number of allylic oxidation sites excluding steroid dienone is 1. The van der Waals surface area contributed by atoms with Gasteiger partial charge < -0.3 is 15.4 Å². The van der Waals surface area contributed by atoms with E-state index >= 15 is 0 Å². The van der Waals surface area contributed by atoms with Crippen LogP contribution in [0, 0.1) is 5.41 Å². The second-order valence-electron chi connectivity index (χ2n) is 5.38. The number of carbonyl (C=O) groups is 1. The van der Waals surface area contributed by atoms with E-state index in [0.717, 1.165) is 5.57 Å². The fourth-order valence-corrected chi connectivity index (χ4v) is 1.30. The van der Waals surface area contributed by atoms with E-state index in [4.69, 9.17) is 4.74 Å². The fraction of sp³-hybridized carbons (Fsp3) is 0.400. The second kappa shape index (κ2) is 6.27. The molecule has 19 heavy (non-hydrogen) atoms. The van der Waals surface area contributed by atoms with Gasteiger partial charge in [0.1, 0.15) is 5.75 Å². The van der Waals surface area contributed by atoms with Gasteiger partial charge in [0, 0.05) is 6.20 Å². The van der Waals surface area contributed by atoms with E-state index in [0.29, 0.717) is 11.4 Å². The average Bonchev–Trinajstić information content (AvgIpc) is 2.35. The minimum atomic E-state index is -0.284. The lowest BCUT2D eigenvalue weighted by Crippen LogP contribution is -2.25. The van der Waals surface area contributed by atoms with Crippen LogP contribution in [0.2, 0.25) is 0 Å². The third kappa shape index (κ3) is 4.66. The maximum atomic E-state index is 11.8. The minimum absolute atomic E-state index is 0.0394. The van der Waals surface area contributed by atoms with E-state index in [2.05, 4.69) is 31.4 Å². The van der Waals surface area contributed by atoms with Gasteiger partial charge in [0.05, 0.1) is 12.8 Å². The average molecular weight is 262 g/mol. The van der Waals surface area contributed by atoms with Crippen LogP contribution in [0.25, 0.3) is 0 Å². The highest BCUT2D eigenvalue weighted by Gasteiger charge is 2.12. The molecule has 2 N–H and O–H groups in total. The molecule has 0 fully saturated rings. The Morgan fingerprint density at radius 2 is 1.89 bits per heavy atom. The number of methoxy groups -OCH3 is 1. The van der Waals surface area contributed by atoms with E-state index in [1.54, 1.807) is 25.4 Å². The molecule has 0 saturated heterocycles. The van der Waals surface area contributed by atoms with Gasteiger partial charge in [-0.25, -0.2) is 4.79 Å². The van der Waals surface area contributed by atoms with E-state index in [1.807, 2.05) is 19.1 Å². The van der Waals surface area contributed by atoms with Crippen molar-refractivity contribution in [2.45, 2.75) is 27.7 Å². The number of para-hydroxylation sites is 2. The van der Waals surface area contributed by atoms with Crippen LogP contribution in [0.1, 0.15) is 27.7 Å². The van der Waals surface area contributed by atoms with Crippen molar-refractivity contribution in [2.24, 2.45) is 5.41 Å². The normalized spacial score (nSPS) is 11.9. The van der Waals surface area contributed by atoms with Crippen molar-refractivity contribution in [3.05, 3.63) is 36.0 Å². The van der Waals surface area contributed by atoms with Crippen LogP contribution in [0.4, 0.5) is 10.5 Å². The molecule has 0 bridgehead atoms. The Balaban J connectivity index is 2.66. The summed E-state index contributed by atoms with van der Waals surface area (Å²) in [6, 6.07) is 7.00. The van der Waals surface area contributed by atoms with E-state index in [1.165, 1.54) is 0 Å². The Kier molecular flexibility index (Phi) is 4.98. The summed E-state index contributed by atoms with van der Waals surface area (Å²) in [7, 11) is 1.57. The number of urea groups is 1. The van der Waals surface area contributed by atoms with Gasteiger partial charge in [0.15, 0.2) is 0 Å². The van der Waals surface area contributed by atoms with Crippen LogP contribution in [0.15, 0.2) is 36.0 Å². The summed E-state index contributed by atoms with van der Waals surface area (Å²) < 4.78 is 5.17. The molecule has 1 rings (SSSR count). The molecular formula is C15H22N2O2. The SMILES string of the molecule is COc1ccccc1NC(=O)N/C=C(\C)C(C)(C)C. The molecular weight excluding hydrogens is 240 g/mol. The van der Waals surface area contributed by atoms with Crippen molar-refractivity contribution >= 4 is 11.7 Å². The zero-order chi connectivity index (χ0) is 14.5. The Morgan fingerprint density at radius 1 is 1.26 bits per heavy atom. The Hall–Kier alpha value is -1.97. The van der Waals surface area contributed by atoms with Crippen molar-refractivity contribution in [3.8, 4) is 5.75 Å². The van der Waals surface area contributed by atoms with Gasteiger partial charge in [0.25, 0.3) is 0 Å². The van der Waals surface area contributed by atoms with Crippen LogP contribution in [0.5, 0.6) is 5.75 Å². The first-order valence-electron chi connectivity index (χ1n) is 6.22. The Labute approximate surface area is 114 Å². The van der Waals surface area contributed by atoms with Crippen LogP contribution in [0.3, 0.4) is 0 Å². The Morgan fingerprint density at radius 3 is 2.47 bits per heavy atom. The molecule has 0 aliphatic rings. The first-order valence-corrected chi connectivity index (χ1v) is 6.22. The number of carbonyl (C=O) groups excluding carboxylic acids is 1. The first-order chi connectivity index (χ1) is 8.84. The lowest BCUT2D eigenvalue weighted by Gasteiger charge is -2.19. The van der Waals surface area contributed by atoms with Crippen molar-refractivity contribution in [2.75, 3.05) is 12.4 Å². The molecule has 2 amide bonds. The van der Waals surface area contributed by atoms with Crippen molar-refractivity contribution < 1.29 is 9.53 Å². The van der Waals surface area contributed by atoms with Gasteiger partial charge in [0.2, 0.25) is 0 Å². The maximum absolute atomic E-state index is 11.8. The number of amides is 2. The van der Waals surface area contributed by atoms with Gasteiger partial charge in [-0.1, -0.05) is 38.5 Å². The number of nitrogens with one attached hydrogen (secondary N) is 2. The lowest BCUT2D eigenvalue weighted by molar-refractivity contribution is 0.254. The molecule has 1 aromatic rings. The maximum Gasteiger partial charge on any atom is 0.323 e. The molecule has 0 saturated carbocycles. The molecule has 0 spiro atoms. The van der Waals surface area contributed by atoms with Crippen molar-refractivity contribution in [3.63, 3.8) is 0 Å². The third-order valence-corrected chi connectivity index (χ3v) is 2.96. The lowest BCUT2D eigenvalue weighted by atomic mass is 9.88. The zero-order valence-electron chi connectivity index (χ0n) is 12.2. The standard InChI is InChI=1S/C15H22N2O2/c1-11(15(2,3)4)10-16-14(18)17-12-8-6-7-9-13(12)19-5/h6-10H,1-5H3,(H2,16,17,18)/b11-10+. The number of hydrogen-bond donors (Lipinski definition) is 2. The summed E-state index contributed by atoms with van der Waals surface area (Å²) in [5.74, 6) is 0.633. The summed E-state index contributed by atoms with van der Waals surface area (Å²) in [6.45, 7) is 8.28. The van der Waals surface area contributed by atoms with Crippen LogP contribution < -0.4 is 15.4 Å². The monoisotopic (exact) mass is 262 g/mol. The molecule has 0 aliphatic carbocycles. The summed E-state index contributed by atoms with van der Waals surface area (Å²) in [5, 5.41) is 5.47. The molecule has 0 aromatic heterocycles. The Bertz CT molecular complexity index is 473. The zero-order valence-corrected chi connectivity index (χ0v) is 12.2. The topological polar surface area (TPSA) is 50.4 Å². The van der Waals surface area contributed by atoms with Gasteiger partial charge in [-0.3, -0.25) is 0 Å². The highest BCUT2D eigenvalue weighted by molar-refractivity contribution is 5.91. The van der Waals surface area contributed by atoms with Crippen LogP contribution in [-0.2, 0) is 0 Å². The van der Waals surface area contributed by atoms with E-state index < -0.39 is 0 Å². The quantitative estimate of drug-likeness (QED) is 0.871. The summed E-state index contributed by atoms with van der Waals surface area (Å²) in [6.07, 6.45) is 1.73. The molecule has 1 aromatic carbocycles. The largest absolute Gasteiger partial charge is 0.495 e. The third-order valence-electron chi connectivity index (χ3n) is 2.96. The number of ether oxygens (including phenoxy) is 1. The number of hydrogen-bond acceptors (Lipinski definition) is 2. The van der Waals surface area contributed by atoms with Crippen molar-refractivity contribution in [1.82, 2.24) is 5.32 Å². The first kappa shape index (κ1) is 15.1. The molecule has 0 atom stereocenters. The molecule has 4 nitrogen and oxygen atoms in total. The second-order valence-corrected chi connectivity index (χ2v) is 5.38. The number of benzene rings is 1. The van der Waals surface area contributed by atoms with Gasteiger partial charge in [-0.05, 0) is 24.5 Å². The molecule has 0 unspecified atom stereocenters. The highest BCUT2D eigenvalue weighted by Crippen LogP contribution is 2.24. The van der Waals surface area contributed by atoms with Crippen LogP contribution >= 0.6 is 0 Å². The molecule has 0 radical (unpaired) electrons. The number of anilines is 1. The van der Waals surface area contributed by atoms with Gasteiger partial charge >= 0.3 is 6.03 Å². The predicted octanol–water partition coefficient (Wildman–Crippen LogP) is 3.77.